The van der Waals surface area contributed by atoms with Crippen molar-refractivity contribution in [2.45, 2.75) is 78.3 Å². The van der Waals surface area contributed by atoms with E-state index in [2.05, 4.69) is 44.8 Å². The molecule has 0 aromatic heterocycles. The van der Waals surface area contributed by atoms with E-state index in [4.69, 9.17) is 0 Å². The molecule has 3 heteroatoms. The fourth-order valence-electron chi connectivity index (χ4n) is 3.78. The monoisotopic (exact) mass is 298 g/mol. The summed E-state index contributed by atoms with van der Waals surface area (Å²) in [6, 6.07) is 0.704. The number of hydrogen-bond donors (Lipinski definition) is 2. The van der Waals surface area contributed by atoms with E-state index in [1.807, 2.05) is 0 Å². The molecule has 0 saturated carbocycles. The van der Waals surface area contributed by atoms with Gasteiger partial charge in [0.1, 0.15) is 0 Å². The zero-order valence-electron chi connectivity index (χ0n) is 15.0. The Labute approximate surface area is 132 Å². The second kappa shape index (κ2) is 9.12. The van der Waals surface area contributed by atoms with Crippen LogP contribution < -0.4 is 5.32 Å². The molecule has 0 amide bonds. The Morgan fingerprint density at radius 2 is 1.95 bits per heavy atom. The maximum absolute atomic E-state index is 9.80. The topological polar surface area (TPSA) is 35.5 Å². The molecule has 4 atom stereocenters. The molecular weight excluding hydrogens is 260 g/mol. The lowest BCUT2D eigenvalue weighted by Gasteiger charge is -2.42. The molecule has 1 fully saturated rings. The molecule has 126 valence electrons. The Balaban J connectivity index is 2.45. The largest absolute Gasteiger partial charge is 0.394 e. The van der Waals surface area contributed by atoms with E-state index in [1.54, 1.807) is 0 Å². The van der Waals surface area contributed by atoms with Crippen LogP contribution in [0.3, 0.4) is 0 Å². The van der Waals surface area contributed by atoms with Gasteiger partial charge in [0.15, 0.2) is 0 Å². The lowest BCUT2D eigenvalue weighted by Crippen LogP contribution is -2.50. The van der Waals surface area contributed by atoms with E-state index in [9.17, 15) is 5.11 Å². The first-order valence-electron chi connectivity index (χ1n) is 9.08. The first kappa shape index (κ1) is 18.9. The number of nitrogens with zero attached hydrogens (tertiary/aromatic N) is 1. The number of aliphatic hydroxyl groups is 1. The highest BCUT2D eigenvalue weighted by Gasteiger charge is 2.30. The van der Waals surface area contributed by atoms with Crippen LogP contribution in [0.4, 0.5) is 0 Å². The van der Waals surface area contributed by atoms with Gasteiger partial charge in [0.25, 0.3) is 0 Å². The Hall–Kier alpha value is -0.120. The van der Waals surface area contributed by atoms with E-state index in [1.165, 1.54) is 25.9 Å². The molecule has 0 aliphatic carbocycles. The van der Waals surface area contributed by atoms with Gasteiger partial charge in [0.2, 0.25) is 0 Å². The standard InChI is InChI=1S/C18H38N2O/c1-6-10-19-18(7-2,14-21)9-8-11-20-13-15(3)12-16(4)17(20)5/h15-17,19,21H,6-14H2,1-5H3. The Kier molecular flexibility index (Phi) is 8.22. The van der Waals surface area contributed by atoms with E-state index >= 15 is 0 Å². The summed E-state index contributed by atoms with van der Waals surface area (Å²) in [6.07, 6.45) is 5.75. The van der Waals surface area contributed by atoms with Crippen molar-refractivity contribution in [2.24, 2.45) is 11.8 Å². The molecule has 0 spiro atoms. The van der Waals surface area contributed by atoms with Gasteiger partial charge in [0, 0.05) is 18.1 Å². The molecule has 2 N–H and O–H groups in total. The Bertz CT molecular complexity index is 278. The highest BCUT2D eigenvalue weighted by atomic mass is 16.3. The van der Waals surface area contributed by atoms with Gasteiger partial charge >= 0.3 is 0 Å². The fraction of sp³-hybridized carbons (Fsp3) is 1.00. The van der Waals surface area contributed by atoms with Gasteiger partial charge in [-0.1, -0.05) is 27.7 Å². The summed E-state index contributed by atoms with van der Waals surface area (Å²) in [6.45, 7) is 15.2. The third-order valence-corrected chi connectivity index (χ3v) is 5.55. The van der Waals surface area contributed by atoms with Crippen LogP contribution in [-0.2, 0) is 0 Å². The van der Waals surface area contributed by atoms with Crippen molar-refractivity contribution in [1.29, 1.82) is 0 Å². The minimum Gasteiger partial charge on any atom is -0.394 e. The van der Waals surface area contributed by atoms with E-state index in [0.29, 0.717) is 6.04 Å². The maximum Gasteiger partial charge on any atom is 0.0613 e. The second-order valence-corrected chi connectivity index (χ2v) is 7.38. The molecule has 1 aliphatic rings. The summed E-state index contributed by atoms with van der Waals surface area (Å²) in [5.41, 5.74) is -0.0632. The zero-order chi connectivity index (χ0) is 15.9. The van der Waals surface area contributed by atoms with Crippen LogP contribution in [0.5, 0.6) is 0 Å². The van der Waals surface area contributed by atoms with Gasteiger partial charge in [0.05, 0.1) is 6.61 Å². The van der Waals surface area contributed by atoms with Crippen molar-refractivity contribution < 1.29 is 5.11 Å². The number of rotatable bonds is 9. The van der Waals surface area contributed by atoms with Crippen LogP contribution in [0.1, 0.15) is 66.7 Å². The molecule has 1 saturated heterocycles. The van der Waals surface area contributed by atoms with Crippen molar-refractivity contribution in [3.8, 4) is 0 Å². The molecule has 1 aliphatic heterocycles. The van der Waals surface area contributed by atoms with Gasteiger partial charge in [-0.25, -0.2) is 0 Å². The van der Waals surface area contributed by atoms with Gasteiger partial charge in [-0.05, 0) is 64.0 Å². The van der Waals surface area contributed by atoms with Crippen LogP contribution >= 0.6 is 0 Å². The smallest absolute Gasteiger partial charge is 0.0613 e. The third-order valence-electron chi connectivity index (χ3n) is 5.55. The maximum atomic E-state index is 9.80. The predicted molar refractivity (Wildman–Crippen MR) is 91.6 cm³/mol. The zero-order valence-corrected chi connectivity index (χ0v) is 15.0. The molecular formula is C18H38N2O. The number of likely N-dealkylation sites (tertiary alicyclic amines) is 1. The average molecular weight is 299 g/mol. The van der Waals surface area contributed by atoms with Crippen molar-refractivity contribution in [3.05, 3.63) is 0 Å². The highest BCUT2D eigenvalue weighted by Crippen LogP contribution is 2.27. The summed E-state index contributed by atoms with van der Waals surface area (Å²) in [5, 5.41) is 13.4. The summed E-state index contributed by atoms with van der Waals surface area (Å²) < 4.78 is 0. The summed E-state index contributed by atoms with van der Waals surface area (Å²) in [5.74, 6) is 1.63. The SMILES string of the molecule is CCCNC(CC)(CO)CCCN1CC(C)CC(C)C1C. The van der Waals surface area contributed by atoms with Crippen molar-refractivity contribution in [3.63, 3.8) is 0 Å². The van der Waals surface area contributed by atoms with Crippen LogP contribution in [0.15, 0.2) is 0 Å². The van der Waals surface area contributed by atoms with Crippen LogP contribution in [0.2, 0.25) is 0 Å². The van der Waals surface area contributed by atoms with Crippen LogP contribution in [0, 0.1) is 11.8 Å². The average Bonchev–Trinajstić information content (AvgIpc) is 2.48. The van der Waals surface area contributed by atoms with Gasteiger partial charge < -0.3 is 15.3 Å². The molecule has 1 rings (SSSR count). The first-order valence-corrected chi connectivity index (χ1v) is 9.08. The van der Waals surface area contributed by atoms with Crippen molar-refractivity contribution in [1.82, 2.24) is 10.2 Å². The molecule has 4 unspecified atom stereocenters. The van der Waals surface area contributed by atoms with Crippen molar-refractivity contribution in [2.75, 3.05) is 26.2 Å². The number of aliphatic hydroxyl groups excluding tert-OH is 1. The minimum absolute atomic E-state index is 0.0632. The molecule has 3 nitrogen and oxygen atoms in total. The van der Waals surface area contributed by atoms with Crippen molar-refractivity contribution >= 4 is 0 Å². The second-order valence-electron chi connectivity index (χ2n) is 7.38. The molecule has 21 heavy (non-hydrogen) atoms. The Morgan fingerprint density at radius 3 is 2.52 bits per heavy atom. The van der Waals surface area contributed by atoms with Gasteiger partial charge in [-0.15, -0.1) is 0 Å². The first-order chi connectivity index (χ1) is 9.98. The quantitative estimate of drug-likeness (QED) is 0.686. The van der Waals surface area contributed by atoms with Gasteiger partial charge in [-0.2, -0.15) is 0 Å². The van der Waals surface area contributed by atoms with E-state index < -0.39 is 0 Å². The summed E-state index contributed by atoms with van der Waals surface area (Å²) in [4.78, 5) is 2.66. The summed E-state index contributed by atoms with van der Waals surface area (Å²) in [7, 11) is 0. The van der Waals surface area contributed by atoms with Gasteiger partial charge in [-0.3, -0.25) is 0 Å². The molecule has 0 bridgehead atoms. The van der Waals surface area contributed by atoms with E-state index in [0.717, 1.165) is 37.6 Å². The number of hydrogen-bond acceptors (Lipinski definition) is 3. The molecule has 0 radical (unpaired) electrons. The minimum atomic E-state index is -0.0632. The summed E-state index contributed by atoms with van der Waals surface area (Å²) >= 11 is 0. The number of piperidine rings is 1. The number of nitrogens with one attached hydrogen (secondary N) is 1. The highest BCUT2D eigenvalue weighted by molar-refractivity contribution is 4.87. The Morgan fingerprint density at radius 1 is 1.24 bits per heavy atom. The molecule has 0 aromatic carbocycles. The molecule has 0 aromatic rings. The third kappa shape index (κ3) is 5.54. The lowest BCUT2D eigenvalue weighted by molar-refractivity contribution is 0.0713. The normalized spacial score (nSPS) is 30.3. The van der Waals surface area contributed by atoms with Crippen LogP contribution in [0.25, 0.3) is 0 Å². The van der Waals surface area contributed by atoms with Crippen LogP contribution in [-0.4, -0.2) is 47.8 Å². The van der Waals surface area contributed by atoms with E-state index in [-0.39, 0.29) is 12.1 Å². The predicted octanol–water partition coefficient (Wildman–Crippen LogP) is 3.27. The fourth-order valence-corrected chi connectivity index (χ4v) is 3.78. The lowest BCUT2D eigenvalue weighted by atomic mass is 9.85. The molecule has 1 heterocycles.